The van der Waals surface area contributed by atoms with Crippen LogP contribution in [-0.4, -0.2) is 6.29 Å². The van der Waals surface area contributed by atoms with Crippen LogP contribution in [0.3, 0.4) is 0 Å². The molecule has 0 aliphatic heterocycles. The van der Waals surface area contributed by atoms with Crippen molar-refractivity contribution in [3.8, 4) is 0 Å². The summed E-state index contributed by atoms with van der Waals surface area (Å²) < 4.78 is 2.60. The first-order valence-electron chi connectivity index (χ1n) is 9.36. The van der Waals surface area contributed by atoms with Crippen molar-refractivity contribution in [2.24, 2.45) is 0 Å². The molecule has 1 aliphatic rings. The van der Waals surface area contributed by atoms with Gasteiger partial charge in [0.25, 0.3) is 0 Å². The molecular weight excluding hydrogens is 368 g/mol. The summed E-state index contributed by atoms with van der Waals surface area (Å²) in [5.74, 6) is 0. The maximum atomic E-state index is 11.2. The average molecular weight is 389 g/mol. The zero-order chi connectivity index (χ0) is 18.5. The first-order chi connectivity index (χ1) is 13.2. The SMILES string of the molecule is Cc1sc2ccccc2c1C1=C(c2c(C)sc3cc(C=O)ccc23)CCC1. The van der Waals surface area contributed by atoms with Gasteiger partial charge in [-0.1, -0.05) is 30.3 Å². The van der Waals surface area contributed by atoms with Crippen LogP contribution in [0.1, 0.15) is 50.5 Å². The van der Waals surface area contributed by atoms with E-state index in [0.717, 1.165) is 24.7 Å². The standard InChI is InChI=1S/C24H20OS2/c1-14-23(19-6-3-4-9-21(19)26-14)17-7-5-8-18(17)24-15(2)27-22-12-16(13-25)10-11-20(22)24/h3-4,6,9-13H,5,7-8H2,1-2H3. The molecule has 2 aromatic carbocycles. The van der Waals surface area contributed by atoms with Crippen molar-refractivity contribution in [2.75, 3.05) is 0 Å². The van der Waals surface area contributed by atoms with Crippen molar-refractivity contribution >= 4 is 60.3 Å². The quantitative estimate of drug-likeness (QED) is 0.330. The Morgan fingerprint density at radius 2 is 1.44 bits per heavy atom. The Labute approximate surface area is 167 Å². The van der Waals surface area contributed by atoms with Gasteiger partial charge in [-0.25, -0.2) is 0 Å². The van der Waals surface area contributed by atoms with Crippen molar-refractivity contribution < 1.29 is 4.79 Å². The molecule has 5 rings (SSSR count). The lowest BCUT2D eigenvalue weighted by Gasteiger charge is -2.10. The fourth-order valence-corrected chi connectivity index (χ4v) is 6.75. The van der Waals surface area contributed by atoms with E-state index in [-0.39, 0.29) is 0 Å². The van der Waals surface area contributed by atoms with Crippen LogP contribution in [0.25, 0.3) is 31.3 Å². The Morgan fingerprint density at radius 1 is 0.815 bits per heavy atom. The number of aryl methyl sites for hydroxylation is 2. The molecule has 1 nitrogen and oxygen atoms in total. The Morgan fingerprint density at radius 3 is 2.15 bits per heavy atom. The zero-order valence-electron chi connectivity index (χ0n) is 15.5. The molecule has 0 saturated carbocycles. The molecule has 0 atom stereocenters. The molecule has 0 unspecified atom stereocenters. The highest BCUT2D eigenvalue weighted by Gasteiger charge is 2.25. The molecule has 134 valence electrons. The smallest absolute Gasteiger partial charge is 0.150 e. The highest BCUT2D eigenvalue weighted by Crippen LogP contribution is 2.49. The van der Waals surface area contributed by atoms with Crippen LogP contribution in [0.4, 0.5) is 0 Å². The highest BCUT2D eigenvalue weighted by atomic mass is 32.1. The van der Waals surface area contributed by atoms with Gasteiger partial charge in [-0.15, -0.1) is 22.7 Å². The van der Waals surface area contributed by atoms with Gasteiger partial charge in [0.05, 0.1) is 0 Å². The summed E-state index contributed by atoms with van der Waals surface area (Å²) in [6.45, 7) is 4.49. The van der Waals surface area contributed by atoms with Gasteiger partial charge in [0.1, 0.15) is 6.29 Å². The number of aldehydes is 1. The van der Waals surface area contributed by atoms with E-state index in [2.05, 4.69) is 44.2 Å². The van der Waals surface area contributed by atoms with Crippen LogP contribution in [0.2, 0.25) is 0 Å². The number of hydrogen-bond acceptors (Lipinski definition) is 3. The first-order valence-corrected chi connectivity index (χ1v) is 11.0. The number of carbonyl (C=O) groups excluding carboxylic acids is 1. The maximum absolute atomic E-state index is 11.2. The molecule has 2 heterocycles. The Bertz CT molecular complexity index is 1240. The third-order valence-electron chi connectivity index (χ3n) is 5.62. The van der Waals surface area contributed by atoms with Crippen LogP contribution in [0.15, 0.2) is 42.5 Å². The largest absolute Gasteiger partial charge is 0.298 e. The molecule has 0 saturated heterocycles. The van der Waals surface area contributed by atoms with Crippen LogP contribution in [0, 0.1) is 13.8 Å². The second-order valence-electron chi connectivity index (χ2n) is 7.25. The van der Waals surface area contributed by atoms with E-state index in [9.17, 15) is 4.79 Å². The van der Waals surface area contributed by atoms with Crippen LogP contribution in [-0.2, 0) is 0 Å². The van der Waals surface area contributed by atoms with Gasteiger partial charge in [-0.3, -0.25) is 4.79 Å². The number of hydrogen-bond donors (Lipinski definition) is 0. The van der Waals surface area contributed by atoms with Gasteiger partial charge in [0.2, 0.25) is 0 Å². The molecular formula is C24H20OS2. The summed E-state index contributed by atoms with van der Waals surface area (Å²) in [5.41, 5.74) is 6.69. The molecule has 0 amide bonds. The van der Waals surface area contributed by atoms with E-state index >= 15 is 0 Å². The predicted octanol–water partition coefficient (Wildman–Crippen LogP) is 7.64. The minimum atomic E-state index is 0.760. The lowest BCUT2D eigenvalue weighted by atomic mass is 9.93. The number of benzene rings is 2. The van der Waals surface area contributed by atoms with Gasteiger partial charge in [0.15, 0.2) is 0 Å². The molecule has 27 heavy (non-hydrogen) atoms. The van der Waals surface area contributed by atoms with Gasteiger partial charge in [0, 0.05) is 35.5 Å². The van der Waals surface area contributed by atoms with Gasteiger partial charge in [-0.05, 0) is 67.5 Å². The summed E-state index contributed by atoms with van der Waals surface area (Å²) in [4.78, 5) is 13.9. The lowest BCUT2D eigenvalue weighted by molar-refractivity contribution is 0.112. The van der Waals surface area contributed by atoms with E-state index in [0.29, 0.717) is 0 Å². The summed E-state index contributed by atoms with van der Waals surface area (Å²) in [6.07, 6.45) is 4.45. The van der Waals surface area contributed by atoms with Gasteiger partial charge >= 0.3 is 0 Å². The lowest BCUT2D eigenvalue weighted by Crippen LogP contribution is -1.88. The predicted molar refractivity (Wildman–Crippen MR) is 119 cm³/mol. The highest BCUT2D eigenvalue weighted by molar-refractivity contribution is 7.19. The fourth-order valence-electron chi connectivity index (χ4n) is 4.52. The van der Waals surface area contributed by atoms with Crippen molar-refractivity contribution in [1.82, 2.24) is 0 Å². The van der Waals surface area contributed by atoms with E-state index in [4.69, 9.17) is 0 Å². The minimum absolute atomic E-state index is 0.760. The molecule has 0 spiro atoms. The van der Waals surface area contributed by atoms with E-state index in [1.807, 2.05) is 34.8 Å². The third kappa shape index (κ3) is 2.60. The van der Waals surface area contributed by atoms with Crippen molar-refractivity contribution in [3.63, 3.8) is 0 Å². The second-order valence-corrected chi connectivity index (χ2v) is 9.76. The fraction of sp³-hybridized carbons (Fsp3) is 0.208. The van der Waals surface area contributed by atoms with Crippen molar-refractivity contribution in [3.05, 3.63) is 68.9 Å². The number of fused-ring (bicyclic) bond motifs is 2. The average Bonchev–Trinajstić information content (AvgIpc) is 3.34. The Balaban J connectivity index is 1.79. The Hall–Kier alpha value is -2.23. The van der Waals surface area contributed by atoms with Gasteiger partial charge < -0.3 is 0 Å². The number of rotatable bonds is 3. The molecule has 4 aromatic rings. The molecule has 0 N–H and O–H groups in total. The summed E-state index contributed by atoms with van der Waals surface area (Å²) in [5, 5.41) is 2.70. The molecule has 3 heteroatoms. The monoisotopic (exact) mass is 388 g/mol. The summed E-state index contributed by atoms with van der Waals surface area (Å²) in [6, 6.07) is 14.9. The maximum Gasteiger partial charge on any atom is 0.150 e. The summed E-state index contributed by atoms with van der Waals surface area (Å²) in [7, 11) is 0. The van der Waals surface area contributed by atoms with Gasteiger partial charge in [-0.2, -0.15) is 0 Å². The molecule has 0 fully saturated rings. The molecule has 0 bridgehead atoms. The first kappa shape index (κ1) is 16.9. The Kier molecular flexibility index (Phi) is 4.03. The van der Waals surface area contributed by atoms with Crippen LogP contribution in [0.5, 0.6) is 0 Å². The molecule has 1 aliphatic carbocycles. The normalized spacial score (nSPS) is 14.6. The van der Waals surface area contributed by atoms with Crippen molar-refractivity contribution in [1.29, 1.82) is 0 Å². The zero-order valence-corrected chi connectivity index (χ0v) is 17.1. The topological polar surface area (TPSA) is 17.1 Å². The van der Waals surface area contributed by atoms with Crippen LogP contribution >= 0.6 is 22.7 Å². The van der Waals surface area contributed by atoms with E-state index in [1.165, 1.54) is 58.6 Å². The number of carbonyl (C=O) groups is 1. The van der Waals surface area contributed by atoms with E-state index in [1.54, 1.807) is 0 Å². The third-order valence-corrected chi connectivity index (χ3v) is 7.77. The molecule has 0 radical (unpaired) electrons. The number of thiophene rings is 2. The number of allylic oxidation sites excluding steroid dienone is 2. The summed E-state index contributed by atoms with van der Waals surface area (Å²) >= 11 is 3.72. The molecule has 2 aromatic heterocycles. The minimum Gasteiger partial charge on any atom is -0.298 e. The van der Waals surface area contributed by atoms with E-state index < -0.39 is 0 Å². The second kappa shape index (κ2) is 6.43. The van der Waals surface area contributed by atoms with Crippen LogP contribution < -0.4 is 0 Å². The van der Waals surface area contributed by atoms with Crippen molar-refractivity contribution in [2.45, 2.75) is 33.1 Å².